The molecular formula is C12H16N2O. The number of aryl methyl sites for hydroxylation is 1. The Morgan fingerprint density at radius 1 is 1.40 bits per heavy atom. The predicted octanol–water partition coefficient (Wildman–Crippen LogP) is 0.750. The smallest absolute Gasteiger partial charge is 0.217 e. The summed E-state index contributed by atoms with van der Waals surface area (Å²) in [5.41, 5.74) is 9.14. The molecule has 0 aromatic heterocycles. The lowest BCUT2D eigenvalue weighted by Gasteiger charge is -2.17. The van der Waals surface area contributed by atoms with Crippen molar-refractivity contribution < 1.29 is 4.79 Å². The summed E-state index contributed by atoms with van der Waals surface area (Å²) >= 11 is 0. The predicted molar refractivity (Wildman–Crippen MR) is 59.4 cm³/mol. The number of carbonyl (C=O) groups is 1. The molecule has 80 valence electrons. The van der Waals surface area contributed by atoms with Crippen molar-refractivity contribution in [1.82, 2.24) is 5.32 Å². The summed E-state index contributed by atoms with van der Waals surface area (Å²) in [5, 5.41) is 3.34. The molecule has 0 spiro atoms. The van der Waals surface area contributed by atoms with Crippen LogP contribution in [0.5, 0.6) is 0 Å². The lowest BCUT2D eigenvalue weighted by Crippen LogP contribution is -2.23. The van der Waals surface area contributed by atoms with E-state index < -0.39 is 0 Å². The van der Waals surface area contributed by atoms with E-state index in [0.717, 1.165) is 25.9 Å². The van der Waals surface area contributed by atoms with Crippen molar-refractivity contribution in [3.63, 3.8) is 0 Å². The summed E-state index contributed by atoms with van der Waals surface area (Å²) in [6.07, 6.45) is 2.28. The van der Waals surface area contributed by atoms with Crippen molar-refractivity contribution in [2.24, 2.45) is 5.73 Å². The fourth-order valence-electron chi connectivity index (χ4n) is 1.95. The number of primary amides is 1. The average Bonchev–Trinajstić information content (AvgIpc) is 2.26. The van der Waals surface area contributed by atoms with Gasteiger partial charge in [0, 0.05) is 13.0 Å². The normalized spacial score (nSPS) is 14.7. The molecule has 0 bridgehead atoms. The summed E-state index contributed by atoms with van der Waals surface area (Å²) in [6.45, 7) is 2.01. The fourth-order valence-corrected chi connectivity index (χ4v) is 1.95. The van der Waals surface area contributed by atoms with Gasteiger partial charge in [-0.1, -0.05) is 18.2 Å². The van der Waals surface area contributed by atoms with E-state index in [1.54, 1.807) is 0 Å². The minimum atomic E-state index is -0.227. The van der Waals surface area contributed by atoms with Crippen LogP contribution in [-0.2, 0) is 24.2 Å². The standard InChI is InChI=1S/C12H16N2O/c13-12(15)4-2-9-1-3-11-8-14-6-5-10(11)7-9/h1,3,7,14H,2,4-6,8H2,(H2,13,15). The Hall–Kier alpha value is -1.35. The highest BCUT2D eigenvalue weighted by Gasteiger charge is 2.08. The largest absolute Gasteiger partial charge is 0.370 e. The Balaban J connectivity index is 2.10. The van der Waals surface area contributed by atoms with Crippen LogP contribution >= 0.6 is 0 Å². The van der Waals surface area contributed by atoms with Crippen LogP contribution in [0.1, 0.15) is 23.1 Å². The molecule has 1 aromatic rings. The van der Waals surface area contributed by atoms with Crippen molar-refractivity contribution in [2.45, 2.75) is 25.8 Å². The molecule has 0 radical (unpaired) electrons. The lowest BCUT2D eigenvalue weighted by atomic mass is 9.97. The van der Waals surface area contributed by atoms with E-state index in [1.165, 1.54) is 16.7 Å². The van der Waals surface area contributed by atoms with Crippen LogP contribution in [0.15, 0.2) is 18.2 Å². The van der Waals surface area contributed by atoms with Crippen LogP contribution in [-0.4, -0.2) is 12.5 Å². The van der Waals surface area contributed by atoms with Gasteiger partial charge in [-0.05, 0) is 36.1 Å². The van der Waals surface area contributed by atoms with Gasteiger partial charge in [0.25, 0.3) is 0 Å². The van der Waals surface area contributed by atoms with Gasteiger partial charge in [0.15, 0.2) is 0 Å². The molecule has 2 rings (SSSR count). The minimum absolute atomic E-state index is 0.227. The fraction of sp³-hybridized carbons (Fsp3) is 0.417. The number of amides is 1. The van der Waals surface area contributed by atoms with Crippen molar-refractivity contribution >= 4 is 5.91 Å². The maximum atomic E-state index is 10.7. The van der Waals surface area contributed by atoms with Crippen molar-refractivity contribution in [2.75, 3.05) is 6.54 Å². The van der Waals surface area contributed by atoms with Gasteiger partial charge in [-0.2, -0.15) is 0 Å². The number of nitrogens with one attached hydrogen (secondary N) is 1. The van der Waals surface area contributed by atoms with E-state index in [9.17, 15) is 4.79 Å². The van der Waals surface area contributed by atoms with Gasteiger partial charge in [0.05, 0.1) is 0 Å². The van der Waals surface area contributed by atoms with Crippen molar-refractivity contribution in [3.05, 3.63) is 34.9 Å². The quantitative estimate of drug-likeness (QED) is 0.763. The topological polar surface area (TPSA) is 55.1 Å². The second-order valence-electron chi connectivity index (χ2n) is 4.00. The summed E-state index contributed by atoms with van der Waals surface area (Å²) in [7, 11) is 0. The second-order valence-corrected chi connectivity index (χ2v) is 4.00. The number of carbonyl (C=O) groups excluding carboxylic acids is 1. The molecule has 1 aliphatic heterocycles. The molecule has 1 heterocycles. The first kappa shape index (κ1) is 10.2. The van der Waals surface area contributed by atoms with E-state index >= 15 is 0 Å². The molecule has 0 unspecified atom stereocenters. The maximum absolute atomic E-state index is 10.7. The number of nitrogens with two attached hydrogens (primary N) is 1. The Kier molecular flexibility index (Phi) is 3.02. The van der Waals surface area contributed by atoms with Crippen molar-refractivity contribution in [3.8, 4) is 0 Å². The molecule has 0 fully saturated rings. The van der Waals surface area contributed by atoms with Crippen LogP contribution in [0.25, 0.3) is 0 Å². The van der Waals surface area contributed by atoms with Gasteiger partial charge in [-0.3, -0.25) is 4.79 Å². The number of hydrogen-bond acceptors (Lipinski definition) is 2. The monoisotopic (exact) mass is 204 g/mol. The van der Waals surface area contributed by atoms with Gasteiger partial charge in [0.1, 0.15) is 0 Å². The first-order valence-corrected chi connectivity index (χ1v) is 5.35. The summed E-state index contributed by atoms with van der Waals surface area (Å²) in [6, 6.07) is 6.45. The molecule has 1 aliphatic rings. The van der Waals surface area contributed by atoms with Crippen LogP contribution in [0.2, 0.25) is 0 Å². The Labute approximate surface area is 89.7 Å². The molecule has 1 aromatic carbocycles. The molecule has 1 amide bonds. The first-order chi connectivity index (χ1) is 7.25. The third-order valence-electron chi connectivity index (χ3n) is 2.82. The highest BCUT2D eigenvalue weighted by atomic mass is 16.1. The Morgan fingerprint density at radius 3 is 3.07 bits per heavy atom. The maximum Gasteiger partial charge on any atom is 0.217 e. The number of benzene rings is 1. The summed E-state index contributed by atoms with van der Waals surface area (Å²) in [4.78, 5) is 10.7. The van der Waals surface area contributed by atoms with E-state index in [1.807, 2.05) is 0 Å². The minimum Gasteiger partial charge on any atom is -0.370 e. The molecule has 3 heteroatoms. The second kappa shape index (κ2) is 4.45. The lowest BCUT2D eigenvalue weighted by molar-refractivity contribution is -0.117. The molecule has 0 atom stereocenters. The van der Waals surface area contributed by atoms with Crippen LogP contribution < -0.4 is 11.1 Å². The molecule has 3 nitrogen and oxygen atoms in total. The van der Waals surface area contributed by atoms with E-state index in [-0.39, 0.29) is 5.91 Å². The molecule has 0 aliphatic carbocycles. The summed E-state index contributed by atoms with van der Waals surface area (Å²) < 4.78 is 0. The molecule has 0 saturated heterocycles. The Bertz CT molecular complexity index is 374. The van der Waals surface area contributed by atoms with Crippen LogP contribution in [0.4, 0.5) is 0 Å². The highest BCUT2D eigenvalue weighted by molar-refractivity contribution is 5.74. The van der Waals surface area contributed by atoms with E-state index in [2.05, 4.69) is 23.5 Å². The highest BCUT2D eigenvalue weighted by Crippen LogP contribution is 2.16. The third-order valence-corrected chi connectivity index (χ3v) is 2.82. The van der Waals surface area contributed by atoms with E-state index in [4.69, 9.17) is 5.73 Å². The zero-order valence-corrected chi connectivity index (χ0v) is 8.75. The van der Waals surface area contributed by atoms with Gasteiger partial charge in [0.2, 0.25) is 5.91 Å². The zero-order chi connectivity index (χ0) is 10.7. The van der Waals surface area contributed by atoms with Gasteiger partial charge in [-0.25, -0.2) is 0 Å². The number of fused-ring (bicyclic) bond motifs is 1. The number of hydrogen-bond donors (Lipinski definition) is 2. The SMILES string of the molecule is NC(=O)CCc1ccc2c(c1)CCNC2. The van der Waals surface area contributed by atoms with Gasteiger partial charge >= 0.3 is 0 Å². The molecule has 3 N–H and O–H groups in total. The molecular weight excluding hydrogens is 188 g/mol. The third kappa shape index (κ3) is 2.57. The van der Waals surface area contributed by atoms with Crippen molar-refractivity contribution in [1.29, 1.82) is 0 Å². The van der Waals surface area contributed by atoms with E-state index in [0.29, 0.717) is 6.42 Å². The molecule has 0 saturated carbocycles. The molecule has 15 heavy (non-hydrogen) atoms. The van der Waals surface area contributed by atoms with Crippen LogP contribution in [0, 0.1) is 0 Å². The van der Waals surface area contributed by atoms with Gasteiger partial charge in [-0.15, -0.1) is 0 Å². The first-order valence-electron chi connectivity index (χ1n) is 5.35. The summed E-state index contributed by atoms with van der Waals surface area (Å²) in [5.74, 6) is -0.227. The van der Waals surface area contributed by atoms with Gasteiger partial charge < -0.3 is 11.1 Å². The zero-order valence-electron chi connectivity index (χ0n) is 8.75. The Morgan fingerprint density at radius 2 is 2.27 bits per heavy atom. The number of rotatable bonds is 3. The van der Waals surface area contributed by atoms with Crippen LogP contribution in [0.3, 0.4) is 0 Å². The average molecular weight is 204 g/mol.